The Morgan fingerprint density at radius 3 is 2.53 bits per heavy atom. The first kappa shape index (κ1) is 12.2. The molecule has 0 radical (unpaired) electrons. The second-order valence-electron chi connectivity index (χ2n) is 4.21. The summed E-state index contributed by atoms with van der Waals surface area (Å²) in [6, 6.07) is 1.34. The molecule has 0 aromatic heterocycles. The zero-order valence-corrected chi connectivity index (χ0v) is 9.31. The van der Waals surface area contributed by atoms with Crippen LogP contribution in [0.5, 0.6) is 0 Å². The van der Waals surface area contributed by atoms with Crippen LogP contribution in [0.25, 0.3) is 0 Å². The van der Waals surface area contributed by atoms with E-state index in [2.05, 4.69) is 5.32 Å². The van der Waals surface area contributed by atoms with Gasteiger partial charge in [0.1, 0.15) is 11.5 Å². The highest BCUT2D eigenvalue weighted by molar-refractivity contribution is 5.46. The molecule has 1 heterocycles. The van der Waals surface area contributed by atoms with Gasteiger partial charge in [-0.15, -0.1) is 0 Å². The van der Waals surface area contributed by atoms with Crippen molar-refractivity contribution in [3.8, 4) is 0 Å². The Morgan fingerprint density at radius 2 is 1.94 bits per heavy atom. The summed E-state index contributed by atoms with van der Waals surface area (Å²) in [5, 5.41) is 2.68. The van der Waals surface area contributed by atoms with Crippen LogP contribution in [-0.4, -0.2) is 19.8 Å². The average molecular weight is 245 g/mol. The van der Waals surface area contributed by atoms with E-state index < -0.39 is 17.5 Å². The van der Waals surface area contributed by atoms with Gasteiger partial charge in [0, 0.05) is 25.3 Å². The molecule has 94 valence electrons. The molecule has 1 aliphatic heterocycles. The van der Waals surface area contributed by atoms with Gasteiger partial charge in [-0.1, -0.05) is 0 Å². The molecule has 0 amide bonds. The van der Waals surface area contributed by atoms with Crippen LogP contribution in [0, 0.1) is 23.4 Å². The molecule has 1 N–H and O–H groups in total. The summed E-state index contributed by atoms with van der Waals surface area (Å²) in [5.74, 6) is -2.47. The van der Waals surface area contributed by atoms with Crippen molar-refractivity contribution in [2.45, 2.75) is 12.8 Å². The van der Waals surface area contributed by atoms with E-state index in [1.807, 2.05) is 0 Å². The molecule has 5 heteroatoms. The first-order valence-corrected chi connectivity index (χ1v) is 5.63. The number of anilines is 1. The zero-order valence-electron chi connectivity index (χ0n) is 9.31. The molecular formula is C12H14F3NO. The summed E-state index contributed by atoms with van der Waals surface area (Å²) in [4.78, 5) is 0. The van der Waals surface area contributed by atoms with Crippen molar-refractivity contribution in [1.29, 1.82) is 0 Å². The molecule has 0 aliphatic carbocycles. The Labute approximate surface area is 97.8 Å². The molecule has 1 aliphatic rings. The summed E-state index contributed by atoms with van der Waals surface area (Å²) in [6.07, 6.45) is 1.93. The lowest BCUT2D eigenvalue weighted by atomic mass is 10.0. The fraction of sp³-hybridized carbons (Fsp3) is 0.500. The molecule has 1 saturated heterocycles. The summed E-state index contributed by atoms with van der Waals surface area (Å²) >= 11 is 0. The van der Waals surface area contributed by atoms with Crippen molar-refractivity contribution in [2.75, 3.05) is 25.1 Å². The maximum atomic E-state index is 13.3. The third kappa shape index (κ3) is 3.12. The van der Waals surface area contributed by atoms with Gasteiger partial charge >= 0.3 is 0 Å². The Bertz CT molecular complexity index is 368. The van der Waals surface area contributed by atoms with Gasteiger partial charge in [0.25, 0.3) is 0 Å². The molecule has 1 aromatic carbocycles. The molecule has 2 rings (SSSR count). The monoisotopic (exact) mass is 245 g/mol. The van der Waals surface area contributed by atoms with Gasteiger partial charge in [0.2, 0.25) is 0 Å². The van der Waals surface area contributed by atoms with Crippen LogP contribution in [0.3, 0.4) is 0 Å². The zero-order chi connectivity index (χ0) is 12.3. The standard InChI is InChI=1S/C12H14F3NO/c13-9-4-10(14)12(11(15)5-9)16-6-8-2-1-3-17-7-8/h4-5,8,16H,1-3,6-7H2. The molecule has 0 saturated carbocycles. The fourth-order valence-electron chi connectivity index (χ4n) is 1.93. The molecule has 1 atom stereocenters. The topological polar surface area (TPSA) is 21.3 Å². The molecule has 1 unspecified atom stereocenters. The minimum atomic E-state index is -0.911. The Morgan fingerprint density at radius 1 is 1.24 bits per heavy atom. The number of nitrogens with one attached hydrogen (secondary N) is 1. The molecule has 0 bridgehead atoms. The summed E-state index contributed by atoms with van der Waals surface area (Å²) in [5.41, 5.74) is -0.267. The van der Waals surface area contributed by atoms with Gasteiger partial charge in [-0.2, -0.15) is 0 Å². The highest BCUT2D eigenvalue weighted by Crippen LogP contribution is 2.21. The number of benzene rings is 1. The van der Waals surface area contributed by atoms with Crippen molar-refractivity contribution < 1.29 is 17.9 Å². The van der Waals surface area contributed by atoms with Crippen molar-refractivity contribution in [2.24, 2.45) is 5.92 Å². The number of ether oxygens (including phenoxy) is 1. The van der Waals surface area contributed by atoms with Crippen LogP contribution < -0.4 is 5.32 Å². The van der Waals surface area contributed by atoms with E-state index in [1.54, 1.807) is 0 Å². The van der Waals surface area contributed by atoms with Gasteiger partial charge < -0.3 is 10.1 Å². The maximum Gasteiger partial charge on any atom is 0.152 e. The van der Waals surface area contributed by atoms with Crippen LogP contribution in [-0.2, 0) is 4.74 Å². The summed E-state index contributed by atoms with van der Waals surface area (Å²) in [6.45, 7) is 1.77. The fourth-order valence-corrected chi connectivity index (χ4v) is 1.93. The normalized spacial score (nSPS) is 20.3. The maximum absolute atomic E-state index is 13.3. The highest BCUT2D eigenvalue weighted by Gasteiger charge is 2.16. The summed E-state index contributed by atoms with van der Waals surface area (Å²) < 4.78 is 44.5. The Balaban J connectivity index is 1.98. The third-order valence-electron chi connectivity index (χ3n) is 2.83. The minimum Gasteiger partial charge on any atom is -0.381 e. The molecule has 1 aromatic rings. The van der Waals surface area contributed by atoms with E-state index in [0.717, 1.165) is 19.4 Å². The number of rotatable bonds is 3. The van der Waals surface area contributed by atoms with E-state index in [1.165, 1.54) is 0 Å². The lowest BCUT2D eigenvalue weighted by Gasteiger charge is -2.22. The number of halogens is 3. The quantitative estimate of drug-likeness (QED) is 0.884. The van der Waals surface area contributed by atoms with Gasteiger partial charge in [-0.3, -0.25) is 0 Å². The van der Waals surface area contributed by atoms with Gasteiger partial charge in [0.05, 0.1) is 6.61 Å². The van der Waals surface area contributed by atoms with Crippen LogP contribution >= 0.6 is 0 Å². The first-order chi connectivity index (χ1) is 8.16. The molecular weight excluding hydrogens is 231 g/mol. The lowest BCUT2D eigenvalue weighted by Crippen LogP contribution is -2.24. The SMILES string of the molecule is Fc1cc(F)c(NCC2CCCOC2)c(F)c1. The number of hydrogen-bond donors (Lipinski definition) is 1. The van der Waals surface area contributed by atoms with E-state index >= 15 is 0 Å². The predicted molar refractivity (Wildman–Crippen MR) is 58.3 cm³/mol. The van der Waals surface area contributed by atoms with Crippen LogP contribution in [0.4, 0.5) is 18.9 Å². The van der Waals surface area contributed by atoms with Crippen LogP contribution in [0.1, 0.15) is 12.8 Å². The second kappa shape index (κ2) is 5.40. The molecule has 1 fully saturated rings. The van der Waals surface area contributed by atoms with Crippen molar-refractivity contribution >= 4 is 5.69 Å². The number of hydrogen-bond acceptors (Lipinski definition) is 2. The lowest BCUT2D eigenvalue weighted by molar-refractivity contribution is 0.0594. The molecule has 17 heavy (non-hydrogen) atoms. The molecule has 2 nitrogen and oxygen atoms in total. The van der Waals surface area contributed by atoms with E-state index in [9.17, 15) is 13.2 Å². The van der Waals surface area contributed by atoms with Gasteiger partial charge in [-0.25, -0.2) is 13.2 Å². The first-order valence-electron chi connectivity index (χ1n) is 5.63. The van der Waals surface area contributed by atoms with E-state index in [-0.39, 0.29) is 11.6 Å². The van der Waals surface area contributed by atoms with Crippen molar-refractivity contribution in [3.05, 3.63) is 29.6 Å². The highest BCUT2D eigenvalue weighted by atomic mass is 19.1. The second-order valence-corrected chi connectivity index (χ2v) is 4.21. The van der Waals surface area contributed by atoms with Crippen LogP contribution in [0.2, 0.25) is 0 Å². The van der Waals surface area contributed by atoms with Gasteiger partial charge in [0.15, 0.2) is 11.6 Å². The third-order valence-corrected chi connectivity index (χ3v) is 2.83. The summed E-state index contributed by atoms with van der Waals surface area (Å²) in [7, 11) is 0. The van der Waals surface area contributed by atoms with Crippen molar-refractivity contribution in [1.82, 2.24) is 0 Å². The van der Waals surface area contributed by atoms with Crippen molar-refractivity contribution in [3.63, 3.8) is 0 Å². The Hall–Kier alpha value is -1.23. The largest absolute Gasteiger partial charge is 0.381 e. The van der Waals surface area contributed by atoms with Crippen LogP contribution in [0.15, 0.2) is 12.1 Å². The predicted octanol–water partition coefficient (Wildman–Crippen LogP) is 2.94. The minimum absolute atomic E-state index is 0.243. The van der Waals surface area contributed by atoms with Gasteiger partial charge in [-0.05, 0) is 18.8 Å². The van der Waals surface area contributed by atoms with E-state index in [4.69, 9.17) is 4.74 Å². The average Bonchev–Trinajstić information content (AvgIpc) is 2.29. The molecule has 0 spiro atoms. The Kier molecular flexibility index (Phi) is 3.89. The van der Waals surface area contributed by atoms with E-state index in [0.29, 0.717) is 25.3 Å². The smallest absolute Gasteiger partial charge is 0.152 e.